The van der Waals surface area contributed by atoms with Crippen molar-refractivity contribution in [2.24, 2.45) is 10.1 Å². The first-order valence-electron chi connectivity index (χ1n) is 4.65. The van der Waals surface area contributed by atoms with Gasteiger partial charge in [0.2, 0.25) is 0 Å². The van der Waals surface area contributed by atoms with Crippen molar-refractivity contribution in [1.82, 2.24) is 0 Å². The third kappa shape index (κ3) is 5.10. The minimum absolute atomic E-state index is 0.243. The topological polar surface area (TPSA) is 61.1 Å². The van der Waals surface area contributed by atoms with E-state index in [1.807, 2.05) is 27.7 Å². The molecule has 0 aliphatic rings. The van der Waals surface area contributed by atoms with Gasteiger partial charge in [0.1, 0.15) is 0 Å². The number of aliphatic imine (C=N–C) groups is 1. The van der Waals surface area contributed by atoms with E-state index < -0.39 is 4.87 Å². The summed E-state index contributed by atoms with van der Waals surface area (Å²) in [5, 5.41) is 3.46. The molecule has 80 valence electrons. The van der Waals surface area contributed by atoms with Crippen molar-refractivity contribution >= 4 is 17.3 Å². The van der Waals surface area contributed by atoms with E-state index >= 15 is 0 Å². The molecule has 1 unspecified atom stereocenters. The molecule has 0 spiro atoms. The van der Waals surface area contributed by atoms with Gasteiger partial charge in [-0.1, -0.05) is 5.11 Å². The van der Waals surface area contributed by atoms with E-state index in [-0.39, 0.29) is 6.04 Å². The Kier molecular flexibility index (Phi) is 5.58. The third-order valence-corrected chi connectivity index (χ3v) is 2.41. The van der Waals surface area contributed by atoms with Crippen LogP contribution in [-0.4, -0.2) is 23.2 Å². The number of hydrogen-bond donors (Lipinski definition) is 0. The molecule has 0 aliphatic carbocycles. The Morgan fingerprint density at radius 2 is 2.14 bits per heavy atom. The first kappa shape index (κ1) is 13.3. The van der Waals surface area contributed by atoms with Gasteiger partial charge < -0.3 is 0 Å². The number of hydrogen-bond acceptors (Lipinski definition) is 2. The fourth-order valence-corrected chi connectivity index (χ4v) is 1.14. The zero-order valence-electron chi connectivity index (χ0n) is 9.16. The Balaban J connectivity index is 4.36. The molecule has 14 heavy (non-hydrogen) atoms. The number of azide groups is 1. The van der Waals surface area contributed by atoms with Crippen LogP contribution in [0.15, 0.2) is 10.1 Å². The highest BCUT2D eigenvalue weighted by molar-refractivity contribution is 6.35. The highest BCUT2D eigenvalue weighted by atomic mass is 35.5. The lowest BCUT2D eigenvalue weighted by Gasteiger charge is -2.21. The first-order chi connectivity index (χ1) is 6.40. The van der Waals surface area contributed by atoms with Gasteiger partial charge in [0.05, 0.1) is 4.87 Å². The van der Waals surface area contributed by atoms with Gasteiger partial charge in [-0.3, -0.25) is 4.99 Å². The van der Waals surface area contributed by atoms with Crippen LogP contribution in [0.1, 0.15) is 34.1 Å². The van der Waals surface area contributed by atoms with E-state index in [9.17, 15) is 0 Å². The molecule has 0 N–H and O–H groups in total. The smallest absolute Gasteiger partial charge is 0.0792 e. The number of alkyl halides is 1. The maximum absolute atomic E-state index is 8.13. The Bertz CT molecular complexity index is 252. The SMILES string of the molecule is CC(=NC(C)C)C(C)(Cl)CCN=[N+]=[N-]. The van der Waals surface area contributed by atoms with E-state index in [0.29, 0.717) is 13.0 Å². The standard InChI is InChI=1S/C9H17ClN4/c1-7(2)13-8(3)9(4,10)5-6-12-14-11/h7H,5-6H2,1-4H3. The summed E-state index contributed by atoms with van der Waals surface area (Å²) in [7, 11) is 0. The van der Waals surface area contributed by atoms with Crippen LogP contribution in [0.25, 0.3) is 10.4 Å². The van der Waals surface area contributed by atoms with Crippen LogP contribution < -0.4 is 0 Å². The van der Waals surface area contributed by atoms with E-state index in [0.717, 1.165) is 5.71 Å². The third-order valence-electron chi connectivity index (χ3n) is 1.95. The molecule has 1 atom stereocenters. The van der Waals surface area contributed by atoms with Crippen LogP contribution in [0.4, 0.5) is 0 Å². The van der Waals surface area contributed by atoms with Crippen molar-refractivity contribution in [3.05, 3.63) is 10.4 Å². The lowest BCUT2D eigenvalue weighted by molar-refractivity contribution is 0.709. The average molecular weight is 217 g/mol. The van der Waals surface area contributed by atoms with E-state index in [4.69, 9.17) is 17.1 Å². The van der Waals surface area contributed by atoms with Gasteiger partial charge in [-0.25, -0.2) is 0 Å². The van der Waals surface area contributed by atoms with Gasteiger partial charge in [-0.15, -0.1) is 11.6 Å². The fourth-order valence-electron chi connectivity index (χ4n) is 1.01. The van der Waals surface area contributed by atoms with E-state index in [1.165, 1.54) is 0 Å². The number of rotatable bonds is 5. The minimum atomic E-state index is -0.502. The quantitative estimate of drug-likeness (QED) is 0.222. The zero-order chi connectivity index (χ0) is 11.2. The summed E-state index contributed by atoms with van der Waals surface area (Å²) in [6, 6.07) is 0.243. The summed E-state index contributed by atoms with van der Waals surface area (Å²) in [5.41, 5.74) is 9.02. The van der Waals surface area contributed by atoms with Crippen molar-refractivity contribution < 1.29 is 0 Å². The van der Waals surface area contributed by atoms with Gasteiger partial charge in [-0.2, -0.15) is 0 Å². The van der Waals surface area contributed by atoms with Crippen molar-refractivity contribution in [2.45, 2.75) is 45.0 Å². The van der Waals surface area contributed by atoms with Gasteiger partial charge in [0.25, 0.3) is 0 Å². The lowest BCUT2D eigenvalue weighted by atomic mass is 10.0. The van der Waals surface area contributed by atoms with Crippen molar-refractivity contribution in [2.75, 3.05) is 6.54 Å². The molecule has 0 aliphatic heterocycles. The summed E-state index contributed by atoms with van der Waals surface area (Å²) in [4.78, 5) is 6.56. The average Bonchev–Trinajstić information content (AvgIpc) is 2.03. The van der Waals surface area contributed by atoms with Crippen LogP contribution in [0.5, 0.6) is 0 Å². The summed E-state index contributed by atoms with van der Waals surface area (Å²) < 4.78 is 0. The summed E-state index contributed by atoms with van der Waals surface area (Å²) >= 11 is 6.25. The molecule has 0 saturated heterocycles. The maximum Gasteiger partial charge on any atom is 0.0792 e. The predicted octanol–water partition coefficient (Wildman–Crippen LogP) is 3.55. The van der Waals surface area contributed by atoms with E-state index in [2.05, 4.69) is 15.0 Å². The van der Waals surface area contributed by atoms with Crippen LogP contribution in [0.2, 0.25) is 0 Å². The van der Waals surface area contributed by atoms with Crippen molar-refractivity contribution in [3.8, 4) is 0 Å². The second kappa shape index (κ2) is 5.89. The lowest BCUT2D eigenvalue weighted by Crippen LogP contribution is -2.28. The largest absolute Gasteiger partial charge is 0.290 e. The summed E-state index contributed by atoms with van der Waals surface area (Å²) in [6.07, 6.45) is 0.612. The molecule has 0 aromatic carbocycles. The number of nitrogens with zero attached hydrogens (tertiary/aromatic N) is 4. The van der Waals surface area contributed by atoms with Gasteiger partial charge in [-0.05, 0) is 39.6 Å². The molecule has 0 rings (SSSR count). The molecule has 4 nitrogen and oxygen atoms in total. The Morgan fingerprint density at radius 3 is 2.57 bits per heavy atom. The zero-order valence-corrected chi connectivity index (χ0v) is 9.91. The Labute approximate surface area is 90.0 Å². The summed E-state index contributed by atoms with van der Waals surface area (Å²) in [5.74, 6) is 0. The first-order valence-corrected chi connectivity index (χ1v) is 5.02. The molecule has 0 saturated carbocycles. The second-order valence-electron chi connectivity index (χ2n) is 3.71. The Hall–Kier alpha value is -0.730. The Morgan fingerprint density at radius 1 is 1.57 bits per heavy atom. The predicted molar refractivity (Wildman–Crippen MR) is 61.1 cm³/mol. The van der Waals surface area contributed by atoms with Crippen LogP contribution in [0.3, 0.4) is 0 Å². The molecular weight excluding hydrogens is 200 g/mol. The van der Waals surface area contributed by atoms with Crippen molar-refractivity contribution in [3.63, 3.8) is 0 Å². The maximum atomic E-state index is 8.13. The molecule has 0 aromatic rings. The normalized spacial score (nSPS) is 16.3. The van der Waals surface area contributed by atoms with Crippen LogP contribution in [-0.2, 0) is 0 Å². The van der Waals surface area contributed by atoms with Gasteiger partial charge in [0, 0.05) is 23.2 Å². The van der Waals surface area contributed by atoms with Gasteiger partial charge >= 0.3 is 0 Å². The molecule has 0 radical (unpaired) electrons. The molecule has 0 heterocycles. The monoisotopic (exact) mass is 216 g/mol. The van der Waals surface area contributed by atoms with Crippen molar-refractivity contribution in [1.29, 1.82) is 0 Å². The molecular formula is C9H17ClN4. The number of halogens is 1. The highest BCUT2D eigenvalue weighted by Crippen LogP contribution is 2.22. The van der Waals surface area contributed by atoms with Crippen LogP contribution in [0, 0.1) is 0 Å². The molecule has 0 fully saturated rings. The minimum Gasteiger partial charge on any atom is -0.290 e. The molecule has 0 amide bonds. The molecule has 0 bridgehead atoms. The molecule has 5 heteroatoms. The molecule has 0 aromatic heterocycles. The summed E-state index contributed by atoms with van der Waals surface area (Å²) in [6.45, 7) is 8.21. The fraction of sp³-hybridized carbons (Fsp3) is 0.889. The van der Waals surface area contributed by atoms with Crippen LogP contribution >= 0.6 is 11.6 Å². The van der Waals surface area contributed by atoms with Gasteiger partial charge in [0.15, 0.2) is 0 Å². The van der Waals surface area contributed by atoms with E-state index in [1.54, 1.807) is 0 Å². The second-order valence-corrected chi connectivity index (χ2v) is 4.54. The highest BCUT2D eigenvalue weighted by Gasteiger charge is 2.23.